The molecule has 2 saturated carbocycles. The largest absolute Gasteiger partial charge is 0.311 e. The Labute approximate surface area is 127 Å². The lowest BCUT2D eigenvalue weighted by Gasteiger charge is -2.43. The van der Waals surface area contributed by atoms with Gasteiger partial charge < -0.3 is 5.32 Å². The Balaban J connectivity index is 1.92. The summed E-state index contributed by atoms with van der Waals surface area (Å²) in [7, 11) is 0. The van der Waals surface area contributed by atoms with Crippen molar-refractivity contribution in [1.29, 1.82) is 0 Å². The SMILES string of the molecule is C[C@H](NC1CCCCC1C(C)(C)C)C1CCCCCC1. The molecule has 2 fully saturated rings. The van der Waals surface area contributed by atoms with E-state index in [0.717, 1.165) is 23.9 Å². The van der Waals surface area contributed by atoms with Gasteiger partial charge in [-0.15, -0.1) is 0 Å². The summed E-state index contributed by atoms with van der Waals surface area (Å²) in [6, 6.07) is 1.49. The standard InChI is InChI=1S/C19H37N/c1-15(16-11-7-5-6-8-12-16)20-18-14-10-9-13-17(18)19(2,3)4/h15-18,20H,5-14H2,1-4H3/t15-,17?,18?/m0/s1. The summed E-state index contributed by atoms with van der Waals surface area (Å²) in [6.45, 7) is 9.78. The van der Waals surface area contributed by atoms with Crippen LogP contribution in [-0.4, -0.2) is 12.1 Å². The van der Waals surface area contributed by atoms with Crippen LogP contribution in [0.15, 0.2) is 0 Å². The van der Waals surface area contributed by atoms with Crippen LogP contribution in [0.4, 0.5) is 0 Å². The highest BCUT2D eigenvalue weighted by Crippen LogP contribution is 2.38. The quantitative estimate of drug-likeness (QED) is 0.669. The highest BCUT2D eigenvalue weighted by atomic mass is 15.0. The number of hydrogen-bond acceptors (Lipinski definition) is 1. The fourth-order valence-corrected chi connectivity index (χ4v) is 4.65. The van der Waals surface area contributed by atoms with Gasteiger partial charge in [-0.25, -0.2) is 0 Å². The fourth-order valence-electron chi connectivity index (χ4n) is 4.65. The van der Waals surface area contributed by atoms with Gasteiger partial charge in [-0.1, -0.05) is 59.3 Å². The smallest absolute Gasteiger partial charge is 0.0103 e. The summed E-state index contributed by atoms with van der Waals surface area (Å²) in [5.41, 5.74) is 0.460. The number of nitrogens with one attached hydrogen (secondary N) is 1. The van der Waals surface area contributed by atoms with E-state index in [4.69, 9.17) is 0 Å². The molecule has 0 radical (unpaired) electrons. The van der Waals surface area contributed by atoms with Crippen molar-refractivity contribution < 1.29 is 0 Å². The zero-order valence-corrected chi connectivity index (χ0v) is 14.4. The van der Waals surface area contributed by atoms with Crippen molar-refractivity contribution in [3.8, 4) is 0 Å². The Bertz CT molecular complexity index is 270. The van der Waals surface area contributed by atoms with E-state index in [1.165, 1.54) is 64.2 Å². The Morgan fingerprint density at radius 2 is 1.35 bits per heavy atom. The van der Waals surface area contributed by atoms with Gasteiger partial charge in [0, 0.05) is 12.1 Å². The molecule has 0 amide bonds. The van der Waals surface area contributed by atoms with Gasteiger partial charge in [0.05, 0.1) is 0 Å². The van der Waals surface area contributed by atoms with Crippen LogP contribution in [0.1, 0.15) is 91.9 Å². The van der Waals surface area contributed by atoms with Gasteiger partial charge in [0.1, 0.15) is 0 Å². The average molecular weight is 280 g/mol. The van der Waals surface area contributed by atoms with E-state index in [1.807, 2.05) is 0 Å². The van der Waals surface area contributed by atoms with Gasteiger partial charge in [0.15, 0.2) is 0 Å². The molecule has 0 bridgehead atoms. The lowest BCUT2D eigenvalue weighted by Crippen LogP contribution is -2.49. The van der Waals surface area contributed by atoms with Crippen LogP contribution in [0.2, 0.25) is 0 Å². The van der Waals surface area contributed by atoms with E-state index in [-0.39, 0.29) is 0 Å². The Morgan fingerprint density at radius 1 is 0.800 bits per heavy atom. The van der Waals surface area contributed by atoms with Crippen LogP contribution >= 0.6 is 0 Å². The average Bonchev–Trinajstić information content (AvgIpc) is 2.67. The van der Waals surface area contributed by atoms with Crippen molar-refractivity contribution in [3.63, 3.8) is 0 Å². The maximum atomic E-state index is 4.07. The van der Waals surface area contributed by atoms with Gasteiger partial charge >= 0.3 is 0 Å². The molecule has 0 aromatic heterocycles. The third-order valence-corrected chi connectivity index (χ3v) is 5.96. The zero-order chi connectivity index (χ0) is 14.6. The summed E-state index contributed by atoms with van der Waals surface area (Å²) < 4.78 is 0. The summed E-state index contributed by atoms with van der Waals surface area (Å²) in [4.78, 5) is 0. The predicted molar refractivity (Wildman–Crippen MR) is 89.0 cm³/mol. The molecule has 0 aromatic carbocycles. The molecule has 1 heteroatoms. The molecule has 0 heterocycles. The second kappa shape index (κ2) is 7.29. The molecule has 2 aliphatic rings. The zero-order valence-electron chi connectivity index (χ0n) is 14.4. The first-order chi connectivity index (χ1) is 9.48. The van der Waals surface area contributed by atoms with Crippen molar-refractivity contribution in [1.82, 2.24) is 5.32 Å². The van der Waals surface area contributed by atoms with Gasteiger partial charge in [0.2, 0.25) is 0 Å². The molecule has 0 aromatic rings. The van der Waals surface area contributed by atoms with Crippen LogP contribution < -0.4 is 5.32 Å². The second-order valence-electron chi connectivity index (χ2n) is 8.57. The highest BCUT2D eigenvalue weighted by Gasteiger charge is 2.35. The van der Waals surface area contributed by atoms with Gasteiger partial charge in [-0.2, -0.15) is 0 Å². The van der Waals surface area contributed by atoms with Crippen LogP contribution in [0.3, 0.4) is 0 Å². The van der Waals surface area contributed by atoms with Crippen molar-refractivity contribution >= 4 is 0 Å². The predicted octanol–water partition coefficient (Wildman–Crippen LogP) is 5.54. The van der Waals surface area contributed by atoms with Crippen molar-refractivity contribution in [2.75, 3.05) is 0 Å². The van der Waals surface area contributed by atoms with Gasteiger partial charge in [0.25, 0.3) is 0 Å². The fraction of sp³-hybridized carbons (Fsp3) is 1.00. The van der Waals surface area contributed by atoms with Gasteiger partial charge in [-0.05, 0) is 49.9 Å². The van der Waals surface area contributed by atoms with E-state index in [0.29, 0.717) is 5.41 Å². The Kier molecular flexibility index (Phi) is 5.95. The third kappa shape index (κ3) is 4.48. The molecule has 0 aliphatic heterocycles. The van der Waals surface area contributed by atoms with Crippen LogP contribution in [-0.2, 0) is 0 Å². The number of hydrogen-bond donors (Lipinski definition) is 1. The van der Waals surface area contributed by atoms with Crippen molar-refractivity contribution in [3.05, 3.63) is 0 Å². The lowest BCUT2D eigenvalue weighted by molar-refractivity contribution is 0.115. The summed E-state index contributed by atoms with van der Waals surface area (Å²) >= 11 is 0. The van der Waals surface area contributed by atoms with E-state index < -0.39 is 0 Å². The minimum atomic E-state index is 0.460. The Morgan fingerprint density at radius 3 is 1.95 bits per heavy atom. The molecule has 2 rings (SSSR count). The normalized spacial score (nSPS) is 31.8. The van der Waals surface area contributed by atoms with Crippen LogP contribution in [0, 0.1) is 17.3 Å². The molecule has 1 N–H and O–H groups in total. The first-order valence-corrected chi connectivity index (χ1v) is 9.24. The van der Waals surface area contributed by atoms with E-state index in [9.17, 15) is 0 Å². The summed E-state index contributed by atoms with van der Waals surface area (Å²) in [5, 5.41) is 4.07. The van der Waals surface area contributed by atoms with Crippen LogP contribution in [0.25, 0.3) is 0 Å². The van der Waals surface area contributed by atoms with Crippen molar-refractivity contribution in [2.45, 2.75) is 104 Å². The summed E-state index contributed by atoms with van der Waals surface area (Å²) in [6.07, 6.45) is 14.5. The lowest BCUT2D eigenvalue weighted by atomic mass is 9.69. The molecule has 20 heavy (non-hydrogen) atoms. The molecule has 2 aliphatic carbocycles. The number of rotatable bonds is 3. The minimum Gasteiger partial charge on any atom is -0.311 e. The Hall–Kier alpha value is -0.0400. The van der Waals surface area contributed by atoms with Gasteiger partial charge in [-0.3, -0.25) is 0 Å². The summed E-state index contributed by atoms with van der Waals surface area (Å²) in [5.74, 6) is 1.80. The minimum absolute atomic E-state index is 0.460. The monoisotopic (exact) mass is 279 g/mol. The van der Waals surface area contributed by atoms with Crippen LogP contribution in [0.5, 0.6) is 0 Å². The first kappa shape index (κ1) is 16.3. The van der Waals surface area contributed by atoms with Crippen molar-refractivity contribution in [2.24, 2.45) is 17.3 Å². The molecule has 1 nitrogen and oxygen atoms in total. The highest BCUT2D eigenvalue weighted by molar-refractivity contribution is 4.90. The van der Waals surface area contributed by atoms with E-state index in [1.54, 1.807) is 0 Å². The second-order valence-corrected chi connectivity index (χ2v) is 8.57. The van der Waals surface area contributed by atoms with E-state index in [2.05, 4.69) is 33.0 Å². The van der Waals surface area contributed by atoms with E-state index >= 15 is 0 Å². The molecule has 0 saturated heterocycles. The molecule has 3 atom stereocenters. The maximum Gasteiger partial charge on any atom is 0.0103 e. The molecule has 118 valence electrons. The molecule has 0 spiro atoms. The maximum absolute atomic E-state index is 4.07. The third-order valence-electron chi connectivity index (χ3n) is 5.96. The molecular weight excluding hydrogens is 242 g/mol. The first-order valence-electron chi connectivity index (χ1n) is 9.24. The topological polar surface area (TPSA) is 12.0 Å². The molecular formula is C19H37N. The molecule has 2 unspecified atom stereocenters.